The smallest absolute Gasteiger partial charge is 0.240 e. The van der Waals surface area contributed by atoms with Crippen LogP contribution in [0.25, 0.3) is 0 Å². The highest BCUT2D eigenvalue weighted by molar-refractivity contribution is 5.83. The van der Waals surface area contributed by atoms with Crippen molar-refractivity contribution in [1.82, 2.24) is 9.80 Å². The minimum atomic E-state index is -0.353. The number of carbonyl (C=O) groups excluding carboxylic acids is 1. The number of hydrogen-bond donors (Lipinski definition) is 0. The van der Waals surface area contributed by atoms with Crippen molar-refractivity contribution >= 4 is 5.91 Å². The first-order valence-corrected chi connectivity index (χ1v) is 12.1. The molecule has 35 heavy (non-hydrogen) atoms. The lowest BCUT2D eigenvalue weighted by Gasteiger charge is -2.42. The number of benzene rings is 3. The topological polar surface area (TPSA) is 42.0 Å². The van der Waals surface area contributed by atoms with E-state index in [0.717, 1.165) is 12.0 Å². The van der Waals surface area contributed by atoms with Gasteiger partial charge in [0.05, 0.1) is 26.3 Å². The molecule has 5 rings (SSSR count). The zero-order chi connectivity index (χ0) is 24.5. The van der Waals surface area contributed by atoms with E-state index in [2.05, 4.69) is 24.0 Å². The summed E-state index contributed by atoms with van der Waals surface area (Å²) in [6, 6.07) is 18.6. The van der Waals surface area contributed by atoms with Gasteiger partial charge in [-0.25, -0.2) is 4.39 Å². The molecule has 1 amide bonds. The summed E-state index contributed by atoms with van der Waals surface area (Å²) >= 11 is 0. The number of nitrogens with zero attached hydrogens (tertiary/aromatic N) is 2. The van der Waals surface area contributed by atoms with Crippen molar-refractivity contribution in [2.45, 2.75) is 44.9 Å². The van der Waals surface area contributed by atoms with Gasteiger partial charge in [0.25, 0.3) is 0 Å². The van der Waals surface area contributed by atoms with Crippen LogP contribution in [-0.2, 0) is 30.7 Å². The molecule has 0 saturated heterocycles. The molecule has 0 N–H and O–H groups in total. The van der Waals surface area contributed by atoms with Crippen LogP contribution in [0.15, 0.2) is 60.7 Å². The largest absolute Gasteiger partial charge is 0.493 e. The second-order valence-electron chi connectivity index (χ2n) is 9.35. The molecule has 0 unspecified atom stereocenters. The first-order chi connectivity index (χ1) is 17.0. The summed E-state index contributed by atoms with van der Waals surface area (Å²) < 4.78 is 25.5. The van der Waals surface area contributed by atoms with Crippen molar-refractivity contribution in [3.05, 3.63) is 94.3 Å². The Bertz CT molecular complexity index is 1240. The van der Waals surface area contributed by atoms with E-state index < -0.39 is 0 Å². The Balaban J connectivity index is 1.46. The number of carbonyl (C=O) groups is 1. The molecule has 2 heterocycles. The third-order valence-electron chi connectivity index (χ3n) is 7.43. The minimum Gasteiger partial charge on any atom is -0.493 e. The van der Waals surface area contributed by atoms with Crippen LogP contribution in [0.1, 0.15) is 40.8 Å². The third-order valence-corrected chi connectivity index (χ3v) is 7.43. The van der Waals surface area contributed by atoms with E-state index in [9.17, 15) is 9.18 Å². The highest BCUT2D eigenvalue weighted by atomic mass is 19.1. The summed E-state index contributed by atoms with van der Waals surface area (Å²) in [4.78, 5) is 18.2. The monoisotopic (exact) mass is 474 g/mol. The standard InChI is InChI=1S/C29H31FN2O3/c1-19-24-16-28(35-3)27(34-2)15-21(24)12-13-32(19)29(33)26-14-20-8-4-5-9-22(20)17-31(26)18-23-10-6-7-11-25(23)30/h4-11,15-16,19,26H,12-14,17-18H2,1-3H3/t19-,26-/m0/s1. The Morgan fingerprint density at radius 2 is 1.66 bits per heavy atom. The van der Waals surface area contributed by atoms with Crippen LogP contribution < -0.4 is 9.47 Å². The Hall–Kier alpha value is -3.38. The summed E-state index contributed by atoms with van der Waals surface area (Å²) in [7, 11) is 3.26. The lowest BCUT2D eigenvalue weighted by Crippen LogP contribution is -2.53. The third kappa shape index (κ3) is 4.39. The second kappa shape index (κ2) is 9.70. The lowest BCUT2D eigenvalue weighted by atomic mass is 9.89. The van der Waals surface area contributed by atoms with Crippen LogP contribution in [0.4, 0.5) is 4.39 Å². The van der Waals surface area contributed by atoms with Crippen molar-refractivity contribution in [3.63, 3.8) is 0 Å². The van der Waals surface area contributed by atoms with E-state index in [1.165, 1.54) is 22.8 Å². The van der Waals surface area contributed by atoms with Crippen LogP contribution in [-0.4, -0.2) is 42.5 Å². The van der Waals surface area contributed by atoms with Gasteiger partial charge in [-0.05, 0) is 60.2 Å². The molecule has 0 spiro atoms. The number of halogens is 1. The van der Waals surface area contributed by atoms with Gasteiger partial charge in [0.2, 0.25) is 5.91 Å². The van der Waals surface area contributed by atoms with Gasteiger partial charge in [-0.3, -0.25) is 9.69 Å². The number of rotatable bonds is 5. The van der Waals surface area contributed by atoms with Gasteiger partial charge in [0, 0.05) is 25.2 Å². The molecule has 2 atom stereocenters. The molecule has 0 fully saturated rings. The molecule has 6 heteroatoms. The van der Waals surface area contributed by atoms with Gasteiger partial charge >= 0.3 is 0 Å². The highest BCUT2D eigenvalue weighted by Crippen LogP contribution is 2.39. The highest BCUT2D eigenvalue weighted by Gasteiger charge is 2.38. The van der Waals surface area contributed by atoms with E-state index >= 15 is 0 Å². The lowest BCUT2D eigenvalue weighted by molar-refractivity contribution is -0.140. The number of ether oxygens (including phenoxy) is 2. The van der Waals surface area contributed by atoms with E-state index in [4.69, 9.17) is 9.47 Å². The van der Waals surface area contributed by atoms with E-state index in [1.54, 1.807) is 26.4 Å². The molecule has 0 aliphatic carbocycles. The zero-order valence-corrected chi connectivity index (χ0v) is 20.5. The van der Waals surface area contributed by atoms with Crippen molar-refractivity contribution in [2.75, 3.05) is 20.8 Å². The molecule has 0 saturated carbocycles. The first kappa shape index (κ1) is 23.4. The number of fused-ring (bicyclic) bond motifs is 2. The summed E-state index contributed by atoms with van der Waals surface area (Å²) in [6.07, 6.45) is 1.37. The van der Waals surface area contributed by atoms with Crippen LogP contribution in [0.2, 0.25) is 0 Å². The van der Waals surface area contributed by atoms with Gasteiger partial charge < -0.3 is 14.4 Å². The van der Waals surface area contributed by atoms with Gasteiger partial charge in [0.1, 0.15) is 5.82 Å². The minimum absolute atomic E-state index is 0.0868. The molecule has 182 valence electrons. The molecule has 3 aromatic rings. The maximum atomic E-state index is 14.5. The zero-order valence-electron chi connectivity index (χ0n) is 20.5. The van der Waals surface area contributed by atoms with Gasteiger partial charge in [-0.15, -0.1) is 0 Å². The first-order valence-electron chi connectivity index (χ1n) is 12.1. The summed E-state index contributed by atoms with van der Waals surface area (Å²) in [5, 5.41) is 0. The molecule has 3 aromatic carbocycles. The van der Waals surface area contributed by atoms with Crippen molar-refractivity contribution in [1.29, 1.82) is 0 Å². The molecular weight excluding hydrogens is 443 g/mol. The van der Waals surface area contributed by atoms with Crippen molar-refractivity contribution < 1.29 is 18.7 Å². The van der Waals surface area contributed by atoms with Crippen molar-refractivity contribution in [2.24, 2.45) is 0 Å². The molecule has 0 aromatic heterocycles. The number of hydrogen-bond acceptors (Lipinski definition) is 4. The fourth-order valence-electron chi connectivity index (χ4n) is 5.47. The Labute approximate surface area is 206 Å². The van der Waals surface area contributed by atoms with Crippen LogP contribution in [0.5, 0.6) is 11.5 Å². The average Bonchev–Trinajstić information content (AvgIpc) is 2.88. The maximum Gasteiger partial charge on any atom is 0.240 e. The van der Waals surface area contributed by atoms with Crippen LogP contribution in [0, 0.1) is 5.82 Å². The fraction of sp³-hybridized carbons (Fsp3) is 0.345. The Morgan fingerprint density at radius 3 is 2.40 bits per heavy atom. The van der Waals surface area contributed by atoms with Crippen LogP contribution >= 0.6 is 0 Å². The quantitative estimate of drug-likeness (QED) is 0.527. The number of amides is 1. The summed E-state index contributed by atoms with van der Waals surface area (Å²) in [5.41, 5.74) is 5.25. The summed E-state index contributed by atoms with van der Waals surface area (Å²) in [5.74, 6) is 1.22. The van der Waals surface area contributed by atoms with Gasteiger partial charge in [-0.2, -0.15) is 0 Å². The molecule has 5 nitrogen and oxygen atoms in total. The normalized spacial score (nSPS) is 19.6. The number of methoxy groups -OCH3 is 2. The van der Waals surface area contributed by atoms with Crippen molar-refractivity contribution in [3.8, 4) is 11.5 Å². The molecule has 0 radical (unpaired) electrons. The second-order valence-corrected chi connectivity index (χ2v) is 9.35. The molecule has 2 aliphatic heterocycles. The maximum absolute atomic E-state index is 14.5. The van der Waals surface area contributed by atoms with E-state index in [1.807, 2.05) is 35.2 Å². The van der Waals surface area contributed by atoms with Crippen LogP contribution in [0.3, 0.4) is 0 Å². The molecule has 0 bridgehead atoms. The predicted octanol–water partition coefficient (Wildman–Crippen LogP) is 4.92. The molecule has 2 aliphatic rings. The Morgan fingerprint density at radius 1 is 0.971 bits per heavy atom. The van der Waals surface area contributed by atoms with Gasteiger partial charge in [0.15, 0.2) is 11.5 Å². The SMILES string of the molecule is COc1cc2c(cc1OC)[C@H](C)N(C(=O)[C@@H]1Cc3ccccc3CN1Cc1ccccc1F)CC2. The predicted molar refractivity (Wildman–Crippen MR) is 133 cm³/mol. The van der Waals surface area contributed by atoms with E-state index in [-0.39, 0.29) is 23.8 Å². The molecular formula is C29H31FN2O3. The van der Waals surface area contributed by atoms with Gasteiger partial charge in [-0.1, -0.05) is 42.5 Å². The van der Waals surface area contributed by atoms with E-state index in [0.29, 0.717) is 43.1 Å². The average molecular weight is 475 g/mol. The fourth-order valence-corrected chi connectivity index (χ4v) is 5.47. The summed E-state index contributed by atoms with van der Waals surface area (Å²) in [6.45, 7) is 3.71. The Kier molecular flexibility index (Phi) is 6.48.